The van der Waals surface area contributed by atoms with Crippen LogP contribution in [0.15, 0.2) is 218 Å². The van der Waals surface area contributed by atoms with Crippen molar-refractivity contribution in [3.63, 3.8) is 0 Å². The van der Waals surface area contributed by atoms with Gasteiger partial charge in [-0.1, -0.05) is 231 Å². The Morgan fingerprint density at radius 2 is 0.613 bits per heavy atom. The van der Waals surface area contributed by atoms with Crippen LogP contribution in [0.4, 0.5) is 42.9 Å². The fourth-order valence-corrected chi connectivity index (χ4v) is 15.0. The number of hydrogen-bond acceptors (Lipinski definition) is 2. The summed E-state index contributed by atoms with van der Waals surface area (Å²) in [6.45, 7) is 22.5. The first-order valence-corrected chi connectivity index (χ1v) is 34.9. The van der Waals surface area contributed by atoms with Gasteiger partial charge in [-0.05, 0) is 142 Å². The number of rotatable bonds is 12. The van der Waals surface area contributed by atoms with Gasteiger partial charge in [0, 0.05) is 33.3 Å². The van der Waals surface area contributed by atoms with Crippen molar-refractivity contribution < 1.29 is 8.78 Å². The molecule has 0 radical (unpaired) electrons. The molecule has 6 heteroatoms. The minimum atomic E-state index is -2.09. The van der Waals surface area contributed by atoms with E-state index < -0.39 is 16.1 Å². The maximum Gasteiger partial charge on any atom is 0.148 e. The van der Waals surface area contributed by atoms with Crippen molar-refractivity contribution in [3.05, 3.63) is 252 Å². The Morgan fingerprint density at radius 3 is 0.950 bits per heavy atom. The van der Waals surface area contributed by atoms with Gasteiger partial charge in [0.2, 0.25) is 0 Å². The second-order valence-electron chi connectivity index (χ2n) is 24.0. The van der Waals surface area contributed by atoms with E-state index in [0.29, 0.717) is 11.4 Å². The van der Waals surface area contributed by atoms with Crippen LogP contribution in [-0.4, -0.2) is 16.1 Å². The van der Waals surface area contributed by atoms with Gasteiger partial charge in [0.15, 0.2) is 0 Å². The standard InChI is InChI=1S/C74H66F2N2Si2/c1-47-19-27-51(28-20-47)57-43-61(53-31-23-49(3)24-32-53)73(63(75)45-57)77(67-15-11-13-17-69(67)79(5,6)7)65-41-37-55-36-40-60-66(42-38-56-35-39-59(65)71(55)72(56)60)78(68-16-12-14-18-70(68)80(8,9)10)74-62(54-33-25-50(4)26-34-54)44-58(46-64(74)76)52-29-21-48(2)22-30-52/h11-46H,1-10H3. The van der Waals surface area contributed by atoms with Crippen molar-refractivity contribution in [2.75, 3.05) is 9.80 Å². The zero-order valence-corrected chi connectivity index (χ0v) is 49.4. The quantitative estimate of drug-likeness (QED) is 0.0889. The Bertz CT molecular complexity index is 4020. The Hall–Kier alpha value is -8.43. The van der Waals surface area contributed by atoms with Crippen LogP contribution in [0.1, 0.15) is 22.3 Å². The van der Waals surface area contributed by atoms with Gasteiger partial charge in [-0.15, -0.1) is 0 Å². The molecule has 12 aromatic carbocycles. The van der Waals surface area contributed by atoms with Crippen molar-refractivity contribution in [3.8, 4) is 44.5 Å². The molecule has 0 atom stereocenters. The summed E-state index contributed by atoms with van der Waals surface area (Å²) in [6.07, 6.45) is 0. The van der Waals surface area contributed by atoms with E-state index >= 15 is 8.78 Å². The third kappa shape index (κ3) is 9.50. The van der Waals surface area contributed by atoms with Crippen LogP contribution >= 0.6 is 0 Å². The number of benzene rings is 12. The number of aryl methyl sites for hydroxylation is 4. The molecule has 12 aromatic rings. The molecule has 0 amide bonds. The predicted octanol–water partition coefficient (Wildman–Crippen LogP) is 20.8. The highest BCUT2D eigenvalue weighted by atomic mass is 28.3. The molecule has 2 nitrogen and oxygen atoms in total. The summed E-state index contributed by atoms with van der Waals surface area (Å²) < 4.78 is 36.7. The van der Waals surface area contributed by atoms with Crippen molar-refractivity contribution in [2.45, 2.75) is 67.0 Å². The van der Waals surface area contributed by atoms with Crippen LogP contribution in [0.5, 0.6) is 0 Å². The topological polar surface area (TPSA) is 6.48 Å². The molecular formula is C74H66F2N2Si2. The first-order valence-electron chi connectivity index (χ1n) is 27.9. The minimum absolute atomic E-state index is 0.312. The smallest absolute Gasteiger partial charge is 0.148 e. The number of nitrogens with zero attached hydrogens (tertiary/aromatic N) is 2. The van der Waals surface area contributed by atoms with Crippen LogP contribution < -0.4 is 20.2 Å². The second-order valence-corrected chi connectivity index (χ2v) is 34.0. The molecule has 0 N–H and O–H groups in total. The van der Waals surface area contributed by atoms with E-state index in [4.69, 9.17) is 0 Å². The van der Waals surface area contributed by atoms with Gasteiger partial charge >= 0.3 is 0 Å². The van der Waals surface area contributed by atoms with E-state index in [9.17, 15) is 0 Å². The first kappa shape index (κ1) is 52.3. The lowest BCUT2D eigenvalue weighted by Gasteiger charge is -2.35. The van der Waals surface area contributed by atoms with Crippen molar-refractivity contribution in [2.24, 2.45) is 0 Å². The molecule has 0 heterocycles. The van der Waals surface area contributed by atoms with E-state index in [0.717, 1.165) is 122 Å². The average Bonchev–Trinajstić information content (AvgIpc) is 3.59. The average molecular weight is 1080 g/mol. The van der Waals surface area contributed by atoms with Crippen LogP contribution in [0, 0.1) is 39.3 Å². The molecule has 0 aliphatic carbocycles. The monoisotopic (exact) mass is 1080 g/mol. The number of hydrogen-bond donors (Lipinski definition) is 0. The summed E-state index contributed by atoms with van der Waals surface area (Å²) in [6, 6.07) is 76.3. The van der Waals surface area contributed by atoms with E-state index in [2.05, 4.69) is 283 Å². The molecule has 0 saturated carbocycles. The third-order valence-electron chi connectivity index (χ3n) is 16.1. The van der Waals surface area contributed by atoms with Crippen LogP contribution in [0.3, 0.4) is 0 Å². The molecule has 0 unspecified atom stereocenters. The number of halogens is 2. The maximum absolute atomic E-state index is 18.3. The Labute approximate surface area is 472 Å². The van der Waals surface area contributed by atoms with Gasteiger partial charge in [0.25, 0.3) is 0 Å². The molecular weight excluding hydrogens is 1010 g/mol. The maximum atomic E-state index is 18.3. The predicted molar refractivity (Wildman–Crippen MR) is 346 cm³/mol. The molecule has 12 rings (SSSR count). The highest BCUT2D eigenvalue weighted by Gasteiger charge is 2.33. The molecule has 80 heavy (non-hydrogen) atoms. The minimum Gasteiger partial charge on any atom is -0.307 e. The third-order valence-corrected chi connectivity index (χ3v) is 20.2. The van der Waals surface area contributed by atoms with Gasteiger partial charge in [0.05, 0.1) is 38.9 Å². The molecule has 0 aliphatic rings. The van der Waals surface area contributed by atoms with Gasteiger partial charge in [-0.2, -0.15) is 0 Å². The van der Waals surface area contributed by atoms with Crippen LogP contribution in [-0.2, 0) is 0 Å². The molecule has 0 aliphatic heterocycles. The lowest BCUT2D eigenvalue weighted by Crippen LogP contribution is -2.40. The molecule has 0 aromatic heterocycles. The Morgan fingerprint density at radius 1 is 0.300 bits per heavy atom. The normalized spacial score (nSPS) is 12.0. The van der Waals surface area contributed by atoms with E-state index in [1.165, 1.54) is 10.4 Å². The largest absolute Gasteiger partial charge is 0.307 e. The van der Waals surface area contributed by atoms with Crippen molar-refractivity contribution >= 4 is 93.0 Å². The fourth-order valence-electron chi connectivity index (χ4n) is 11.9. The van der Waals surface area contributed by atoms with Crippen LogP contribution in [0.2, 0.25) is 39.3 Å². The van der Waals surface area contributed by atoms with E-state index in [1.807, 2.05) is 0 Å². The zero-order chi connectivity index (χ0) is 55.8. The fraction of sp³-hybridized carbons (Fsp3) is 0.135. The summed E-state index contributed by atoms with van der Waals surface area (Å²) in [5.41, 5.74) is 16.2. The van der Waals surface area contributed by atoms with Crippen molar-refractivity contribution in [1.82, 2.24) is 0 Å². The lowest BCUT2D eigenvalue weighted by atomic mass is 9.90. The lowest BCUT2D eigenvalue weighted by molar-refractivity contribution is 0.629. The highest BCUT2D eigenvalue weighted by molar-refractivity contribution is 6.90. The van der Waals surface area contributed by atoms with Crippen molar-refractivity contribution in [1.29, 1.82) is 0 Å². The van der Waals surface area contributed by atoms with E-state index in [-0.39, 0.29) is 11.6 Å². The van der Waals surface area contributed by atoms with Crippen LogP contribution in [0.25, 0.3) is 76.8 Å². The van der Waals surface area contributed by atoms with Gasteiger partial charge < -0.3 is 9.80 Å². The molecule has 0 spiro atoms. The first-order chi connectivity index (χ1) is 38.4. The van der Waals surface area contributed by atoms with Gasteiger partial charge in [0.1, 0.15) is 11.6 Å². The van der Waals surface area contributed by atoms with Gasteiger partial charge in [-0.25, -0.2) is 8.78 Å². The van der Waals surface area contributed by atoms with Gasteiger partial charge in [-0.3, -0.25) is 0 Å². The Kier molecular flexibility index (Phi) is 13.3. The molecule has 394 valence electrons. The summed E-state index contributed by atoms with van der Waals surface area (Å²) in [7, 11) is -4.18. The SMILES string of the molecule is Cc1ccc(-c2cc(F)c(N(c3ccccc3[Si](C)(C)C)c3ccc4ccc5c(N(c6ccccc6[Si](C)(C)C)c6c(F)cc(-c7ccc(C)cc7)cc6-c6ccc(C)cc6)ccc6ccc3c4c65)c(-c3ccc(C)cc3)c2)cc1. The summed E-state index contributed by atoms with van der Waals surface area (Å²) in [4.78, 5) is 4.44. The molecule has 0 bridgehead atoms. The zero-order valence-electron chi connectivity index (χ0n) is 47.4. The van der Waals surface area contributed by atoms with E-state index in [1.54, 1.807) is 12.1 Å². The summed E-state index contributed by atoms with van der Waals surface area (Å²) >= 11 is 0. The molecule has 0 saturated heterocycles. The number of para-hydroxylation sites is 2. The Balaban J connectivity index is 1.16. The summed E-state index contributed by atoms with van der Waals surface area (Å²) in [5.74, 6) is -0.623. The highest BCUT2D eigenvalue weighted by Crippen LogP contribution is 2.52. The summed E-state index contributed by atoms with van der Waals surface area (Å²) in [5, 5.41) is 8.68. The number of anilines is 6. The second kappa shape index (κ2) is 20.3. The molecule has 0 fully saturated rings.